The van der Waals surface area contributed by atoms with E-state index in [0.717, 1.165) is 32.1 Å². The van der Waals surface area contributed by atoms with Gasteiger partial charge in [-0.05, 0) is 61.3 Å². The van der Waals surface area contributed by atoms with E-state index in [9.17, 15) is 18.0 Å². The van der Waals surface area contributed by atoms with Crippen molar-refractivity contribution in [1.82, 2.24) is 0 Å². The average Bonchev–Trinajstić information content (AvgIpc) is 2.91. The predicted molar refractivity (Wildman–Crippen MR) is 102 cm³/mol. The highest BCUT2D eigenvalue weighted by Gasteiger charge is 2.50. The molecule has 3 rings (SSSR count). The molecule has 2 aliphatic rings. The Morgan fingerprint density at radius 2 is 1.78 bits per heavy atom. The molecule has 3 nitrogen and oxygen atoms in total. The third kappa shape index (κ3) is 4.23. The van der Waals surface area contributed by atoms with Crippen molar-refractivity contribution in [3.05, 3.63) is 24.3 Å². The Hall–Kier alpha value is -1.37. The lowest BCUT2D eigenvalue weighted by Crippen LogP contribution is -2.48. The predicted octanol–water partition coefficient (Wildman–Crippen LogP) is 5.99. The number of thioether (sulfide) groups is 1. The summed E-state index contributed by atoms with van der Waals surface area (Å²) in [4.78, 5) is 14.1. The normalized spacial score (nSPS) is 26.7. The first-order valence-corrected chi connectivity index (χ1v) is 10.4. The van der Waals surface area contributed by atoms with E-state index in [-0.39, 0.29) is 21.9 Å². The molecule has 1 saturated heterocycles. The van der Waals surface area contributed by atoms with Crippen molar-refractivity contribution in [3.8, 4) is 5.75 Å². The van der Waals surface area contributed by atoms with Crippen molar-refractivity contribution in [2.75, 3.05) is 10.7 Å². The highest BCUT2D eigenvalue weighted by Crippen LogP contribution is 2.53. The minimum absolute atomic E-state index is 0.0256. The van der Waals surface area contributed by atoms with Gasteiger partial charge in [-0.3, -0.25) is 9.69 Å². The first-order valence-electron chi connectivity index (χ1n) is 9.39. The molecular formula is C20H26F3NO2S. The number of benzene rings is 1. The molecule has 2 fully saturated rings. The molecule has 1 aliphatic heterocycles. The summed E-state index contributed by atoms with van der Waals surface area (Å²) in [6.07, 6.45) is 0.365. The second-order valence-electron chi connectivity index (χ2n) is 8.12. The molecule has 0 radical (unpaired) electrons. The summed E-state index contributed by atoms with van der Waals surface area (Å²) in [7, 11) is 0. The standard InChI is InChI=1S/C20H26F3NO2S/c1-4-18(2,3)14-9-11-19(12-10-14)24(17(25)13-27-19)15-5-7-16(8-6-15)26-20(21,22)23/h5-8,14H,4,9-13H2,1-3H3. The van der Waals surface area contributed by atoms with Gasteiger partial charge in [0.15, 0.2) is 0 Å². The summed E-state index contributed by atoms with van der Waals surface area (Å²) in [6, 6.07) is 5.65. The quantitative estimate of drug-likeness (QED) is 0.621. The summed E-state index contributed by atoms with van der Waals surface area (Å²) in [6.45, 7) is 6.83. The zero-order valence-electron chi connectivity index (χ0n) is 15.9. The molecule has 1 aromatic carbocycles. The van der Waals surface area contributed by atoms with Crippen LogP contribution < -0.4 is 9.64 Å². The molecule has 1 aliphatic carbocycles. The SMILES string of the molecule is CCC(C)(C)C1CCC2(CC1)SCC(=O)N2c1ccc(OC(F)(F)F)cc1. The van der Waals surface area contributed by atoms with E-state index in [1.807, 2.05) is 4.90 Å². The molecule has 0 unspecified atom stereocenters. The van der Waals surface area contributed by atoms with Crippen LogP contribution in [0.1, 0.15) is 52.9 Å². The van der Waals surface area contributed by atoms with Crippen molar-refractivity contribution < 1.29 is 22.7 Å². The summed E-state index contributed by atoms with van der Waals surface area (Å²) in [5, 5.41) is 0. The zero-order chi connectivity index (χ0) is 19.9. The third-order valence-corrected chi connectivity index (χ3v) is 7.75. The van der Waals surface area contributed by atoms with Crippen molar-refractivity contribution in [2.45, 2.75) is 64.1 Å². The van der Waals surface area contributed by atoms with Crippen LogP contribution in [0.2, 0.25) is 0 Å². The van der Waals surface area contributed by atoms with E-state index in [4.69, 9.17) is 0 Å². The van der Waals surface area contributed by atoms with Gasteiger partial charge in [0, 0.05) is 5.69 Å². The second-order valence-corrected chi connectivity index (χ2v) is 9.46. The van der Waals surface area contributed by atoms with Crippen molar-refractivity contribution in [2.24, 2.45) is 11.3 Å². The van der Waals surface area contributed by atoms with E-state index in [1.54, 1.807) is 23.9 Å². The third-order valence-electron chi connectivity index (χ3n) is 6.23. The van der Waals surface area contributed by atoms with Gasteiger partial charge in [0.1, 0.15) is 5.75 Å². The molecule has 0 bridgehead atoms. The average molecular weight is 401 g/mol. The van der Waals surface area contributed by atoms with E-state index in [0.29, 0.717) is 17.4 Å². The van der Waals surface area contributed by atoms with E-state index < -0.39 is 6.36 Å². The van der Waals surface area contributed by atoms with Crippen LogP contribution in [-0.4, -0.2) is 22.9 Å². The Labute approximate surface area is 162 Å². The Bertz CT molecular complexity index is 679. The molecule has 1 saturated carbocycles. The van der Waals surface area contributed by atoms with Gasteiger partial charge in [0.2, 0.25) is 5.91 Å². The Morgan fingerprint density at radius 1 is 1.19 bits per heavy atom. The maximum atomic E-state index is 12.6. The highest BCUT2D eigenvalue weighted by atomic mass is 32.2. The van der Waals surface area contributed by atoms with E-state index in [2.05, 4.69) is 25.5 Å². The monoisotopic (exact) mass is 401 g/mol. The number of halogens is 3. The fourth-order valence-electron chi connectivity index (χ4n) is 4.24. The number of alkyl halides is 3. The van der Waals surface area contributed by atoms with Crippen LogP contribution in [0.25, 0.3) is 0 Å². The Balaban J connectivity index is 1.77. The van der Waals surface area contributed by atoms with Crippen molar-refractivity contribution >= 4 is 23.4 Å². The van der Waals surface area contributed by atoms with Gasteiger partial charge in [0.25, 0.3) is 0 Å². The summed E-state index contributed by atoms with van der Waals surface area (Å²) in [5.74, 6) is 0.808. The highest BCUT2D eigenvalue weighted by molar-refractivity contribution is 8.02. The molecule has 1 amide bonds. The van der Waals surface area contributed by atoms with Gasteiger partial charge in [-0.2, -0.15) is 0 Å². The van der Waals surface area contributed by atoms with Gasteiger partial charge in [0.05, 0.1) is 10.6 Å². The minimum atomic E-state index is -4.72. The van der Waals surface area contributed by atoms with Gasteiger partial charge >= 0.3 is 6.36 Å². The van der Waals surface area contributed by atoms with Gasteiger partial charge in [-0.25, -0.2) is 0 Å². The van der Waals surface area contributed by atoms with Crippen molar-refractivity contribution in [1.29, 1.82) is 0 Å². The Morgan fingerprint density at radius 3 is 2.30 bits per heavy atom. The topological polar surface area (TPSA) is 29.5 Å². The molecule has 1 aromatic rings. The number of rotatable bonds is 4. The number of carbonyl (C=O) groups excluding carboxylic acids is 1. The molecule has 27 heavy (non-hydrogen) atoms. The van der Waals surface area contributed by atoms with Gasteiger partial charge in [-0.1, -0.05) is 27.2 Å². The van der Waals surface area contributed by atoms with Gasteiger partial charge < -0.3 is 4.74 Å². The summed E-state index contributed by atoms with van der Waals surface area (Å²) >= 11 is 1.68. The van der Waals surface area contributed by atoms with Crippen molar-refractivity contribution in [3.63, 3.8) is 0 Å². The number of anilines is 1. The summed E-state index contributed by atoms with van der Waals surface area (Å²) < 4.78 is 41.0. The van der Waals surface area contributed by atoms with Crippen LogP contribution >= 0.6 is 11.8 Å². The lowest BCUT2D eigenvalue weighted by Gasteiger charge is -2.46. The lowest BCUT2D eigenvalue weighted by atomic mass is 9.68. The molecule has 0 atom stereocenters. The molecule has 150 valence electrons. The van der Waals surface area contributed by atoms with Crippen LogP contribution in [0.15, 0.2) is 24.3 Å². The lowest BCUT2D eigenvalue weighted by molar-refractivity contribution is -0.274. The molecule has 7 heteroatoms. The van der Waals surface area contributed by atoms with Crippen LogP contribution in [0.5, 0.6) is 5.75 Å². The fourth-order valence-corrected chi connectivity index (χ4v) is 5.62. The number of nitrogens with zero attached hydrogens (tertiary/aromatic N) is 1. The largest absolute Gasteiger partial charge is 0.573 e. The first kappa shape index (κ1) is 20.4. The fraction of sp³-hybridized carbons (Fsp3) is 0.650. The van der Waals surface area contributed by atoms with E-state index >= 15 is 0 Å². The van der Waals surface area contributed by atoms with Crippen LogP contribution in [0.4, 0.5) is 18.9 Å². The number of carbonyl (C=O) groups is 1. The molecule has 1 heterocycles. The minimum Gasteiger partial charge on any atom is -0.406 e. The summed E-state index contributed by atoms with van der Waals surface area (Å²) in [5.41, 5.74) is 0.934. The van der Waals surface area contributed by atoms with Crippen LogP contribution in [0, 0.1) is 11.3 Å². The maximum absolute atomic E-state index is 12.6. The zero-order valence-corrected chi connectivity index (χ0v) is 16.8. The number of amides is 1. The smallest absolute Gasteiger partial charge is 0.406 e. The molecule has 0 N–H and O–H groups in total. The van der Waals surface area contributed by atoms with Gasteiger partial charge in [-0.15, -0.1) is 24.9 Å². The maximum Gasteiger partial charge on any atom is 0.573 e. The van der Waals surface area contributed by atoms with Crippen LogP contribution in [-0.2, 0) is 4.79 Å². The molecule has 0 aromatic heterocycles. The number of hydrogen-bond donors (Lipinski definition) is 0. The second kappa shape index (κ2) is 7.22. The number of hydrogen-bond acceptors (Lipinski definition) is 3. The Kier molecular flexibility index (Phi) is 5.45. The number of ether oxygens (including phenoxy) is 1. The van der Waals surface area contributed by atoms with Crippen LogP contribution in [0.3, 0.4) is 0 Å². The molecule has 1 spiro atoms. The first-order chi connectivity index (χ1) is 12.6. The molecular weight excluding hydrogens is 375 g/mol. The van der Waals surface area contributed by atoms with E-state index in [1.165, 1.54) is 12.1 Å².